The van der Waals surface area contributed by atoms with Gasteiger partial charge >= 0.3 is 6.09 Å². The lowest BCUT2D eigenvalue weighted by Gasteiger charge is -2.24. The van der Waals surface area contributed by atoms with Gasteiger partial charge in [0, 0.05) is 25.2 Å². The number of amides is 1. The van der Waals surface area contributed by atoms with Crippen LogP contribution in [0.1, 0.15) is 27.2 Å². The number of rotatable bonds is 3. The molecule has 1 aliphatic heterocycles. The Morgan fingerprint density at radius 2 is 2.23 bits per heavy atom. The van der Waals surface area contributed by atoms with Gasteiger partial charge in [-0.15, -0.1) is 0 Å². The van der Waals surface area contributed by atoms with E-state index in [9.17, 15) is 4.79 Å². The van der Waals surface area contributed by atoms with Crippen molar-refractivity contribution in [3.63, 3.8) is 0 Å². The molecule has 0 unspecified atom stereocenters. The zero-order valence-electron chi connectivity index (χ0n) is 13.5. The number of nitrogens with two attached hydrogens (primary N) is 1. The highest BCUT2D eigenvalue weighted by Gasteiger charge is 2.30. The van der Waals surface area contributed by atoms with Crippen LogP contribution < -0.4 is 15.8 Å². The van der Waals surface area contributed by atoms with E-state index in [0.717, 1.165) is 6.42 Å². The number of pyridine rings is 1. The van der Waals surface area contributed by atoms with E-state index in [-0.39, 0.29) is 12.1 Å². The molecule has 0 spiro atoms. The molecule has 2 heterocycles. The van der Waals surface area contributed by atoms with E-state index in [1.807, 2.05) is 20.8 Å². The third kappa shape index (κ3) is 4.16. The summed E-state index contributed by atoms with van der Waals surface area (Å²) in [6.45, 7) is 6.81. The van der Waals surface area contributed by atoms with Crippen molar-refractivity contribution in [3.05, 3.63) is 12.3 Å². The average molecular weight is 308 g/mol. The maximum atomic E-state index is 12.0. The van der Waals surface area contributed by atoms with Gasteiger partial charge in [-0.3, -0.25) is 0 Å². The molecule has 7 nitrogen and oxygen atoms in total. The van der Waals surface area contributed by atoms with Crippen LogP contribution in [0.3, 0.4) is 0 Å². The summed E-state index contributed by atoms with van der Waals surface area (Å²) in [6, 6.07) is 1.83. The van der Waals surface area contributed by atoms with E-state index in [4.69, 9.17) is 15.2 Å². The molecule has 0 bridgehead atoms. The fourth-order valence-electron chi connectivity index (χ4n) is 2.26. The Bertz CT molecular complexity index is 542. The summed E-state index contributed by atoms with van der Waals surface area (Å²) in [5.74, 6) is 1.22. The summed E-state index contributed by atoms with van der Waals surface area (Å²) in [7, 11) is 1.57. The Morgan fingerprint density at radius 3 is 2.82 bits per heavy atom. The smallest absolute Gasteiger partial charge is 0.410 e. The van der Waals surface area contributed by atoms with E-state index >= 15 is 0 Å². The molecule has 1 fully saturated rings. The number of hydrogen-bond donors (Lipinski definition) is 2. The number of methoxy groups -OCH3 is 1. The molecule has 7 heteroatoms. The second-order valence-electron chi connectivity index (χ2n) is 6.37. The standard InChI is InChI=1S/C15H24N4O3/c1-15(2,3)22-14(20)19-6-5-10(9-19)18-13-12(16)7-11(21-4)8-17-13/h7-8,10H,5-6,9,16H2,1-4H3,(H,17,18)/t10-/m0/s1. The first kappa shape index (κ1) is 16.2. The summed E-state index contributed by atoms with van der Waals surface area (Å²) in [6.07, 6.45) is 2.15. The van der Waals surface area contributed by atoms with Crippen LogP contribution in [0.25, 0.3) is 0 Å². The first-order chi connectivity index (χ1) is 10.3. The Balaban J connectivity index is 1.92. The van der Waals surface area contributed by atoms with Gasteiger partial charge in [-0.2, -0.15) is 0 Å². The zero-order chi connectivity index (χ0) is 16.3. The van der Waals surface area contributed by atoms with Gasteiger partial charge in [-0.1, -0.05) is 0 Å². The fourth-order valence-corrected chi connectivity index (χ4v) is 2.26. The Kier molecular flexibility index (Phi) is 4.63. The van der Waals surface area contributed by atoms with Crippen LogP contribution in [0.2, 0.25) is 0 Å². The van der Waals surface area contributed by atoms with Crippen LogP contribution in [0.15, 0.2) is 12.3 Å². The summed E-state index contributed by atoms with van der Waals surface area (Å²) in [4.78, 5) is 18.0. The SMILES string of the molecule is COc1cnc(N[C@H]2CCN(C(=O)OC(C)(C)C)C2)c(N)c1. The highest BCUT2D eigenvalue weighted by molar-refractivity contribution is 5.69. The molecular formula is C15H24N4O3. The summed E-state index contributed by atoms with van der Waals surface area (Å²) < 4.78 is 10.5. The highest BCUT2D eigenvalue weighted by atomic mass is 16.6. The van der Waals surface area contributed by atoms with Gasteiger partial charge in [-0.05, 0) is 27.2 Å². The number of aromatic nitrogens is 1. The number of carbonyl (C=O) groups is 1. The molecule has 1 aromatic heterocycles. The molecule has 2 rings (SSSR count). The molecule has 0 aliphatic carbocycles. The van der Waals surface area contributed by atoms with E-state index < -0.39 is 5.60 Å². The molecule has 1 aliphatic rings. The van der Waals surface area contributed by atoms with Crippen LogP contribution >= 0.6 is 0 Å². The van der Waals surface area contributed by atoms with Crippen molar-refractivity contribution in [1.29, 1.82) is 0 Å². The Labute approximate surface area is 130 Å². The van der Waals surface area contributed by atoms with Crippen LogP contribution in [0.4, 0.5) is 16.3 Å². The maximum Gasteiger partial charge on any atom is 0.410 e. The zero-order valence-corrected chi connectivity index (χ0v) is 13.5. The number of hydrogen-bond acceptors (Lipinski definition) is 6. The molecule has 122 valence electrons. The van der Waals surface area contributed by atoms with E-state index in [1.54, 1.807) is 24.3 Å². The van der Waals surface area contributed by atoms with Crippen LogP contribution in [0.5, 0.6) is 5.75 Å². The maximum absolute atomic E-state index is 12.0. The van der Waals surface area contributed by atoms with Crippen molar-refractivity contribution in [3.8, 4) is 5.75 Å². The predicted molar refractivity (Wildman–Crippen MR) is 85.0 cm³/mol. The van der Waals surface area contributed by atoms with Gasteiger partial charge in [0.25, 0.3) is 0 Å². The van der Waals surface area contributed by atoms with Crippen LogP contribution in [0, 0.1) is 0 Å². The minimum absolute atomic E-state index is 0.107. The number of nitrogens with one attached hydrogen (secondary N) is 1. The molecule has 0 radical (unpaired) electrons. The second-order valence-corrected chi connectivity index (χ2v) is 6.37. The van der Waals surface area contributed by atoms with Crippen molar-refractivity contribution < 1.29 is 14.3 Å². The van der Waals surface area contributed by atoms with Crippen molar-refractivity contribution in [1.82, 2.24) is 9.88 Å². The van der Waals surface area contributed by atoms with E-state index in [2.05, 4.69) is 10.3 Å². The molecule has 1 aromatic rings. The lowest BCUT2D eigenvalue weighted by atomic mass is 10.2. The van der Waals surface area contributed by atoms with Crippen LogP contribution in [-0.2, 0) is 4.74 Å². The van der Waals surface area contributed by atoms with Gasteiger partial charge in [0.2, 0.25) is 0 Å². The molecule has 1 amide bonds. The third-order valence-corrected chi connectivity index (χ3v) is 3.31. The molecule has 3 N–H and O–H groups in total. The lowest BCUT2D eigenvalue weighted by Crippen LogP contribution is -2.36. The number of likely N-dealkylation sites (tertiary alicyclic amines) is 1. The normalized spacial score (nSPS) is 18.2. The second kappa shape index (κ2) is 6.29. The van der Waals surface area contributed by atoms with Gasteiger partial charge in [0.05, 0.1) is 19.0 Å². The number of nitrogens with zero attached hydrogens (tertiary/aromatic N) is 2. The summed E-state index contributed by atoms with van der Waals surface area (Å²) in [5.41, 5.74) is 5.98. The first-order valence-corrected chi connectivity index (χ1v) is 7.32. The van der Waals surface area contributed by atoms with Crippen molar-refractivity contribution in [2.75, 3.05) is 31.2 Å². The summed E-state index contributed by atoms with van der Waals surface area (Å²) in [5, 5.41) is 3.27. The van der Waals surface area contributed by atoms with Gasteiger partial charge in [-0.25, -0.2) is 9.78 Å². The molecule has 1 atom stereocenters. The van der Waals surface area contributed by atoms with Gasteiger partial charge < -0.3 is 25.4 Å². The molecular weight excluding hydrogens is 284 g/mol. The van der Waals surface area contributed by atoms with Gasteiger partial charge in [0.1, 0.15) is 17.2 Å². The lowest BCUT2D eigenvalue weighted by molar-refractivity contribution is 0.0293. The number of ether oxygens (including phenoxy) is 2. The van der Waals surface area contributed by atoms with E-state index in [1.165, 1.54) is 0 Å². The largest absolute Gasteiger partial charge is 0.495 e. The Hall–Kier alpha value is -2.18. The van der Waals surface area contributed by atoms with Crippen molar-refractivity contribution >= 4 is 17.6 Å². The topological polar surface area (TPSA) is 89.7 Å². The Morgan fingerprint density at radius 1 is 1.50 bits per heavy atom. The molecule has 1 saturated heterocycles. The molecule has 0 aromatic carbocycles. The average Bonchev–Trinajstić information content (AvgIpc) is 2.88. The fraction of sp³-hybridized carbons (Fsp3) is 0.600. The summed E-state index contributed by atoms with van der Waals surface area (Å²) >= 11 is 0. The minimum atomic E-state index is -0.482. The number of nitrogen functional groups attached to an aromatic ring is 1. The predicted octanol–water partition coefficient (Wildman–Crippen LogP) is 2.09. The quantitative estimate of drug-likeness (QED) is 0.888. The third-order valence-electron chi connectivity index (χ3n) is 3.31. The van der Waals surface area contributed by atoms with Crippen LogP contribution in [-0.4, -0.2) is 47.8 Å². The van der Waals surface area contributed by atoms with E-state index in [0.29, 0.717) is 30.3 Å². The number of anilines is 2. The monoisotopic (exact) mass is 308 g/mol. The minimum Gasteiger partial charge on any atom is -0.495 e. The van der Waals surface area contributed by atoms with Gasteiger partial charge in [0.15, 0.2) is 0 Å². The molecule has 22 heavy (non-hydrogen) atoms. The number of carbonyl (C=O) groups excluding carboxylic acids is 1. The highest BCUT2D eigenvalue weighted by Crippen LogP contribution is 2.24. The van der Waals surface area contributed by atoms with Crippen molar-refractivity contribution in [2.45, 2.75) is 38.8 Å². The van der Waals surface area contributed by atoms with Crippen molar-refractivity contribution in [2.24, 2.45) is 0 Å². The molecule has 0 saturated carbocycles. The first-order valence-electron chi connectivity index (χ1n) is 7.32.